The fourth-order valence-electron chi connectivity index (χ4n) is 2.93. The lowest BCUT2D eigenvalue weighted by Crippen LogP contribution is -2.46. The van der Waals surface area contributed by atoms with Crippen LogP contribution in [0.25, 0.3) is 0 Å². The van der Waals surface area contributed by atoms with Crippen molar-refractivity contribution in [1.82, 2.24) is 5.28 Å². The molecular formula is C16H13ClN3O2-. The summed E-state index contributed by atoms with van der Waals surface area (Å²) in [6.07, 6.45) is 1.38. The van der Waals surface area contributed by atoms with Crippen LogP contribution >= 0.6 is 11.6 Å². The number of hydrazine groups is 2. The summed E-state index contributed by atoms with van der Waals surface area (Å²) in [4.78, 5) is 0. The van der Waals surface area contributed by atoms with Gasteiger partial charge < -0.3 is 5.11 Å². The second-order valence-corrected chi connectivity index (χ2v) is 5.69. The van der Waals surface area contributed by atoms with Gasteiger partial charge >= 0.3 is 0 Å². The highest BCUT2D eigenvalue weighted by molar-refractivity contribution is 6.30. The van der Waals surface area contributed by atoms with Crippen molar-refractivity contribution in [2.75, 3.05) is 10.0 Å². The van der Waals surface area contributed by atoms with Crippen LogP contribution in [0.3, 0.4) is 0 Å². The smallest absolute Gasteiger partial charge is 0.0650 e. The van der Waals surface area contributed by atoms with Gasteiger partial charge in [0.15, 0.2) is 0 Å². The van der Waals surface area contributed by atoms with E-state index in [0.29, 0.717) is 22.8 Å². The molecule has 0 saturated carbocycles. The summed E-state index contributed by atoms with van der Waals surface area (Å²) in [5.41, 5.74) is 3.07. The maximum absolute atomic E-state index is 12.7. The standard InChI is InChI=1S/C16H14ClN3O2/c17-12-6-8-13(9-7-12)18-16(21)15-10-5-11-3-1-2-4-14(11)19(15)20(18)22/h1-4,6-9,21-22H,5,10H2/p-1. The van der Waals surface area contributed by atoms with E-state index in [9.17, 15) is 10.3 Å². The van der Waals surface area contributed by atoms with E-state index in [4.69, 9.17) is 11.6 Å². The first-order chi connectivity index (χ1) is 10.7. The number of allylic oxidation sites excluding steroid dienone is 1. The average Bonchev–Trinajstić information content (AvgIpc) is 2.80. The number of fused-ring (bicyclic) bond motifs is 3. The zero-order chi connectivity index (χ0) is 15.3. The number of nitrogens with zero attached hydrogens (tertiary/aromatic N) is 3. The summed E-state index contributed by atoms with van der Waals surface area (Å²) >= 11 is 5.88. The van der Waals surface area contributed by atoms with Crippen molar-refractivity contribution < 1.29 is 10.3 Å². The summed E-state index contributed by atoms with van der Waals surface area (Å²) in [6, 6.07) is 14.5. The van der Waals surface area contributed by atoms with E-state index in [0.717, 1.165) is 23.0 Å². The SMILES string of the molecule is [O-]C1=C2CCc3ccccc3N2N(O)N1c1ccc(Cl)cc1. The minimum absolute atomic E-state index is 0.223. The van der Waals surface area contributed by atoms with Crippen LogP contribution in [0.1, 0.15) is 12.0 Å². The molecule has 0 atom stereocenters. The Morgan fingerprint density at radius 1 is 0.955 bits per heavy atom. The van der Waals surface area contributed by atoms with Crippen molar-refractivity contribution >= 4 is 23.0 Å². The van der Waals surface area contributed by atoms with Gasteiger partial charge in [0.25, 0.3) is 0 Å². The molecule has 0 fully saturated rings. The van der Waals surface area contributed by atoms with Gasteiger partial charge in [0, 0.05) is 16.2 Å². The Hall–Kier alpha value is -2.21. The van der Waals surface area contributed by atoms with E-state index in [1.54, 1.807) is 29.3 Å². The lowest BCUT2D eigenvalue weighted by Gasteiger charge is -2.35. The molecular weight excluding hydrogens is 302 g/mol. The fraction of sp³-hybridized carbons (Fsp3) is 0.125. The number of halogens is 1. The molecule has 4 rings (SSSR count). The Balaban J connectivity index is 1.80. The molecule has 2 heterocycles. The topological polar surface area (TPSA) is 53.0 Å². The minimum atomic E-state index is -0.223. The second-order valence-electron chi connectivity index (χ2n) is 5.25. The van der Waals surface area contributed by atoms with E-state index in [1.165, 1.54) is 5.01 Å². The van der Waals surface area contributed by atoms with Crippen LogP contribution < -0.4 is 15.1 Å². The molecule has 0 aliphatic carbocycles. The zero-order valence-corrected chi connectivity index (χ0v) is 12.4. The predicted octanol–water partition coefficient (Wildman–Crippen LogP) is 2.66. The molecule has 2 aliphatic heterocycles. The number of hydrogen-bond donors (Lipinski definition) is 1. The summed E-state index contributed by atoms with van der Waals surface area (Å²) < 4.78 is 0. The van der Waals surface area contributed by atoms with E-state index in [-0.39, 0.29) is 5.88 Å². The van der Waals surface area contributed by atoms with Gasteiger partial charge in [-0.2, -0.15) is 0 Å². The highest BCUT2D eigenvalue weighted by Gasteiger charge is 2.36. The highest BCUT2D eigenvalue weighted by Crippen LogP contribution is 2.40. The Morgan fingerprint density at radius 3 is 2.45 bits per heavy atom. The quantitative estimate of drug-likeness (QED) is 0.877. The van der Waals surface area contributed by atoms with Crippen LogP contribution in [0.5, 0.6) is 0 Å². The Kier molecular flexibility index (Phi) is 3.00. The number of para-hydroxylation sites is 1. The van der Waals surface area contributed by atoms with Crippen molar-refractivity contribution in [3.05, 3.63) is 70.7 Å². The van der Waals surface area contributed by atoms with Gasteiger partial charge in [-0.05, 0) is 48.7 Å². The maximum atomic E-state index is 12.7. The molecule has 6 heteroatoms. The highest BCUT2D eigenvalue weighted by atomic mass is 35.5. The van der Waals surface area contributed by atoms with E-state index in [1.807, 2.05) is 24.3 Å². The van der Waals surface area contributed by atoms with Gasteiger partial charge in [-0.25, -0.2) is 10.0 Å². The van der Waals surface area contributed by atoms with Crippen molar-refractivity contribution in [3.63, 3.8) is 0 Å². The first kappa shape index (κ1) is 13.5. The van der Waals surface area contributed by atoms with Crippen molar-refractivity contribution in [3.8, 4) is 0 Å². The summed E-state index contributed by atoms with van der Waals surface area (Å²) in [5.74, 6) is -0.223. The second kappa shape index (κ2) is 4.91. The number of anilines is 2. The molecule has 0 bridgehead atoms. The van der Waals surface area contributed by atoms with Crippen LogP contribution in [0.4, 0.5) is 11.4 Å². The van der Waals surface area contributed by atoms with Gasteiger partial charge in [0.05, 0.1) is 17.1 Å². The molecule has 22 heavy (non-hydrogen) atoms. The summed E-state index contributed by atoms with van der Waals surface area (Å²) in [5, 5.41) is 27.5. The Bertz CT molecular complexity index is 760. The van der Waals surface area contributed by atoms with E-state index in [2.05, 4.69) is 0 Å². The molecule has 5 nitrogen and oxygen atoms in total. The van der Waals surface area contributed by atoms with Gasteiger partial charge in [0.2, 0.25) is 0 Å². The molecule has 0 saturated heterocycles. The van der Waals surface area contributed by atoms with Crippen molar-refractivity contribution in [2.45, 2.75) is 12.8 Å². The summed E-state index contributed by atoms with van der Waals surface area (Å²) in [6.45, 7) is 0. The molecule has 0 aromatic heterocycles. The third kappa shape index (κ3) is 1.87. The van der Waals surface area contributed by atoms with Gasteiger partial charge in [-0.3, -0.25) is 5.21 Å². The largest absolute Gasteiger partial charge is 0.858 e. The maximum Gasteiger partial charge on any atom is 0.0650 e. The van der Waals surface area contributed by atoms with Crippen LogP contribution in [0, 0.1) is 0 Å². The van der Waals surface area contributed by atoms with Gasteiger partial charge in [-0.15, -0.1) is 0 Å². The van der Waals surface area contributed by atoms with Crippen molar-refractivity contribution in [1.29, 1.82) is 0 Å². The first-order valence-corrected chi connectivity index (χ1v) is 7.37. The predicted molar refractivity (Wildman–Crippen MR) is 81.8 cm³/mol. The Morgan fingerprint density at radius 2 is 1.68 bits per heavy atom. The third-order valence-electron chi connectivity index (χ3n) is 3.97. The van der Waals surface area contributed by atoms with Crippen molar-refractivity contribution in [2.24, 2.45) is 0 Å². The number of aryl methyl sites for hydroxylation is 1. The molecule has 1 N–H and O–H groups in total. The summed E-state index contributed by atoms with van der Waals surface area (Å²) in [7, 11) is 0. The molecule has 0 amide bonds. The lowest BCUT2D eigenvalue weighted by atomic mass is 10.0. The molecule has 0 spiro atoms. The normalized spacial score (nSPS) is 17.7. The molecule has 2 aliphatic rings. The molecule has 112 valence electrons. The van der Waals surface area contributed by atoms with Gasteiger partial charge in [-0.1, -0.05) is 29.8 Å². The zero-order valence-electron chi connectivity index (χ0n) is 11.6. The third-order valence-corrected chi connectivity index (χ3v) is 4.23. The minimum Gasteiger partial charge on any atom is -0.858 e. The number of benzene rings is 2. The van der Waals surface area contributed by atoms with E-state index >= 15 is 0 Å². The number of hydrogen-bond acceptors (Lipinski definition) is 5. The van der Waals surface area contributed by atoms with Gasteiger partial charge in [0.1, 0.15) is 0 Å². The monoisotopic (exact) mass is 314 g/mol. The van der Waals surface area contributed by atoms with Crippen LogP contribution in [-0.4, -0.2) is 10.5 Å². The van der Waals surface area contributed by atoms with E-state index < -0.39 is 0 Å². The molecule has 0 unspecified atom stereocenters. The molecule has 2 aromatic rings. The lowest BCUT2D eigenvalue weighted by molar-refractivity contribution is -0.314. The molecule has 2 aromatic carbocycles. The van der Waals surface area contributed by atoms with Crippen LogP contribution in [0.15, 0.2) is 60.1 Å². The van der Waals surface area contributed by atoms with Crippen LogP contribution in [0.2, 0.25) is 5.02 Å². The average molecular weight is 315 g/mol. The fourth-order valence-corrected chi connectivity index (χ4v) is 3.06. The van der Waals surface area contributed by atoms with Crippen LogP contribution in [-0.2, 0) is 6.42 Å². The Labute approximate surface area is 132 Å². The first-order valence-electron chi connectivity index (χ1n) is 6.99. The molecule has 0 radical (unpaired) electrons. The number of rotatable bonds is 1.